The van der Waals surface area contributed by atoms with Crippen LogP contribution < -0.4 is 5.32 Å². The molecule has 0 heterocycles. The van der Waals surface area contributed by atoms with Gasteiger partial charge in [-0.2, -0.15) is 0 Å². The summed E-state index contributed by atoms with van der Waals surface area (Å²) >= 11 is 0. The molecule has 5 heteroatoms. The molecule has 5 nitrogen and oxygen atoms in total. The fraction of sp³-hybridized carbons (Fsp3) is 0.800. The number of hydrogen-bond acceptors (Lipinski definition) is 4. The van der Waals surface area contributed by atoms with Gasteiger partial charge in [0.05, 0.1) is 0 Å². The summed E-state index contributed by atoms with van der Waals surface area (Å²) in [6.07, 6.45) is 0. The van der Waals surface area contributed by atoms with Crippen LogP contribution in [0, 0.1) is 0 Å². The number of esters is 1. The van der Waals surface area contributed by atoms with Gasteiger partial charge in [0.1, 0.15) is 18.2 Å². The second-order valence-electron chi connectivity index (χ2n) is 4.26. The molecular formula is C10H19NO4. The van der Waals surface area contributed by atoms with Crippen molar-refractivity contribution in [3.63, 3.8) is 0 Å². The van der Waals surface area contributed by atoms with E-state index < -0.39 is 17.6 Å². The summed E-state index contributed by atoms with van der Waals surface area (Å²) < 4.78 is 9.71. The van der Waals surface area contributed by atoms with Gasteiger partial charge in [0.2, 0.25) is 5.91 Å². The molecule has 0 radical (unpaired) electrons. The lowest BCUT2D eigenvalue weighted by molar-refractivity contribution is -0.158. The number of carbonyl (C=O) groups excluding carboxylic acids is 2. The van der Waals surface area contributed by atoms with Gasteiger partial charge in [-0.15, -0.1) is 0 Å². The van der Waals surface area contributed by atoms with E-state index in [9.17, 15) is 9.59 Å². The van der Waals surface area contributed by atoms with E-state index in [1.54, 1.807) is 27.7 Å². The normalized spacial score (nSPS) is 13.1. The zero-order valence-electron chi connectivity index (χ0n) is 9.92. The van der Waals surface area contributed by atoms with E-state index in [4.69, 9.17) is 4.74 Å². The Bertz CT molecular complexity index is 232. The molecule has 1 N–H and O–H groups in total. The average molecular weight is 217 g/mol. The Hall–Kier alpha value is -1.10. The molecule has 88 valence electrons. The van der Waals surface area contributed by atoms with Crippen LogP contribution in [0.4, 0.5) is 0 Å². The third-order valence-corrected chi connectivity index (χ3v) is 1.41. The van der Waals surface area contributed by atoms with Crippen LogP contribution in [0.25, 0.3) is 0 Å². The summed E-state index contributed by atoms with van der Waals surface area (Å²) in [5.41, 5.74) is -0.544. The first-order valence-electron chi connectivity index (χ1n) is 4.77. The second-order valence-corrected chi connectivity index (χ2v) is 4.26. The van der Waals surface area contributed by atoms with Crippen LogP contribution >= 0.6 is 0 Å². The van der Waals surface area contributed by atoms with Gasteiger partial charge in [0.15, 0.2) is 0 Å². The number of hydrogen-bond donors (Lipinski definition) is 1. The minimum absolute atomic E-state index is 0.0624. The van der Waals surface area contributed by atoms with Crippen LogP contribution in [-0.2, 0) is 19.1 Å². The van der Waals surface area contributed by atoms with Crippen molar-refractivity contribution in [3.05, 3.63) is 0 Å². The van der Waals surface area contributed by atoms with E-state index in [1.165, 1.54) is 7.11 Å². The lowest BCUT2D eigenvalue weighted by Crippen LogP contribution is -2.43. The second kappa shape index (κ2) is 5.70. The maximum Gasteiger partial charge on any atom is 0.328 e. The average Bonchev–Trinajstić information content (AvgIpc) is 2.00. The zero-order chi connectivity index (χ0) is 12.1. The van der Waals surface area contributed by atoms with Gasteiger partial charge in [0, 0.05) is 7.11 Å². The minimum Gasteiger partial charge on any atom is -0.458 e. The van der Waals surface area contributed by atoms with Gasteiger partial charge in [0.25, 0.3) is 0 Å². The number of amides is 1. The van der Waals surface area contributed by atoms with Crippen LogP contribution in [0.3, 0.4) is 0 Å². The predicted molar refractivity (Wildman–Crippen MR) is 55.3 cm³/mol. The molecule has 0 aromatic rings. The Kier molecular flexibility index (Phi) is 5.28. The highest BCUT2D eigenvalue weighted by atomic mass is 16.6. The number of methoxy groups -OCH3 is 1. The molecule has 0 aliphatic heterocycles. The third-order valence-electron chi connectivity index (χ3n) is 1.41. The highest BCUT2D eigenvalue weighted by Crippen LogP contribution is 2.08. The van der Waals surface area contributed by atoms with Crippen LogP contribution in [0.15, 0.2) is 0 Å². The largest absolute Gasteiger partial charge is 0.458 e. The maximum atomic E-state index is 11.4. The van der Waals surface area contributed by atoms with Crippen molar-refractivity contribution in [2.24, 2.45) is 0 Å². The van der Waals surface area contributed by atoms with Crippen molar-refractivity contribution in [1.82, 2.24) is 5.32 Å². The van der Waals surface area contributed by atoms with Crippen LogP contribution in [0.1, 0.15) is 27.7 Å². The maximum absolute atomic E-state index is 11.4. The summed E-state index contributed by atoms with van der Waals surface area (Å²) in [4.78, 5) is 22.5. The Morgan fingerprint density at radius 2 is 1.87 bits per heavy atom. The van der Waals surface area contributed by atoms with Gasteiger partial charge in [-0.25, -0.2) is 4.79 Å². The molecule has 0 fully saturated rings. The lowest BCUT2D eigenvalue weighted by atomic mass is 10.2. The number of carbonyl (C=O) groups is 2. The van der Waals surface area contributed by atoms with Crippen molar-refractivity contribution in [1.29, 1.82) is 0 Å². The Morgan fingerprint density at radius 3 is 2.27 bits per heavy atom. The number of rotatable bonds is 4. The molecule has 0 unspecified atom stereocenters. The molecule has 0 spiro atoms. The lowest BCUT2D eigenvalue weighted by Gasteiger charge is -2.22. The highest BCUT2D eigenvalue weighted by Gasteiger charge is 2.22. The summed E-state index contributed by atoms with van der Waals surface area (Å²) in [5.74, 6) is -0.789. The number of ether oxygens (including phenoxy) is 2. The molecule has 0 aromatic heterocycles. The summed E-state index contributed by atoms with van der Waals surface area (Å²) in [6.45, 7) is 6.83. The third kappa shape index (κ3) is 6.90. The van der Waals surface area contributed by atoms with Crippen molar-refractivity contribution >= 4 is 11.9 Å². The summed E-state index contributed by atoms with van der Waals surface area (Å²) in [7, 11) is 1.41. The van der Waals surface area contributed by atoms with Crippen molar-refractivity contribution in [3.8, 4) is 0 Å². The van der Waals surface area contributed by atoms with Gasteiger partial charge >= 0.3 is 5.97 Å². The molecular weight excluding hydrogens is 198 g/mol. The zero-order valence-corrected chi connectivity index (χ0v) is 9.92. The van der Waals surface area contributed by atoms with Gasteiger partial charge < -0.3 is 14.8 Å². The van der Waals surface area contributed by atoms with Crippen LogP contribution in [0.2, 0.25) is 0 Å². The molecule has 0 aliphatic rings. The fourth-order valence-electron chi connectivity index (χ4n) is 0.863. The molecule has 0 rings (SSSR count). The molecule has 0 aromatic carbocycles. The van der Waals surface area contributed by atoms with E-state index in [-0.39, 0.29) is 12.5 Å². The van der Waals surface area contributed by atoms with E-state index in [0.717, 1.165) is 0 Å². The monoisotopic (exact) mass is 217 g/mol. The predicted octanol–water partition coefficient (Wildman–Crippen LogP) is 0.479. The topological polar surface area (TPSA) is 64.6 Å². The Balaban J connectivity index is 4.05. The molecule has 1 amide bonds. The molecule has 0 aliphatic carbocycles. The van der Waals surface area contributed by atoms with Crippen molar-refractivity contribution in [2.45, 2.75) is 39.3 Å². The van der Waals surface area contributed by atoms with Crippen molar-refractivity contribution in [2.75, 3.05) is 13.7 Å². The van der Waals surface area contributed by atoms with E-state index in [1.807, 2.05) is 0 Å². The van der Waals surface area contributed by atoms with Crippen molar-refractivity contribution < 1.29 is 19.1 Å². The molecule has 1 atom stereocenters. The molecule has 0 bridgehead atoms. The number of nitrogens with one attached hydrogen (secondary N) is 1. The Morgan fingerprint density at radius 1 is 1.33 bits per heavy atom. The van der Waals surface area contributed by atoms with Gasteiger partial charge in [-0.05, 0) is 27.7 Å². The SMILES string of the molecule is COCC(=O)N[C@@H](C)C(=O)OC(C)(C)C. The van der Waals surface area contributed by atoms with Crippen LogP contribution in [-0.4, -0.2) is 37.2 Å². The van der Waals surface area contributed by atoms with E-state index in [0.29, 0.717) is 0 Å². The summed E-state index contributed by atoms with van der Waals surface area (Å²) in [6, 6.07) is -0.660. The molecule has 0 saturated carbocycles. The van der Waals surface area contributed by atoms with Gasteiger partial charge in [-0.3, -0.25) is 4.79 Å². The Labute approximate surface area is 90.1 Å². The van der Waals surface area contributed by atoms with Gasteiger partial charge in [-0.1, -0.05) is 0 Å². The highest BCUT2D eigenvalue weighted by molar-refractivity contribution is 5.84. The first kappa shape index (κ1) is 13.9. The van der Waals surface area contributed by atoms with E-state index >= 15 is 0 Å². The standard InChI is InChI=1S/C10H19NO4/c1-7(11-8(12)6-14-5)9(13)15-10(2,3)4/h7H,6H2,1-5H3,(H,11,12)/t7-/m0/s1. The minimum atomic E-state index is -0.660. The quantitative estimate of drug-likeness (QED) is 0.696. The fourth-order valence-corrected chi connectivity index (χ4v) is 0.863. The first-order chi connectivity index (χ1) is 6.76. The molecule has 0 saturated heterocycles. The van der Waals surface area contributed by atoms with E-state index in [2.05, 4.69) is 10.1 Å². The summed E-state index contributed by atoms with van der Waals surface area (Å²) in [5, 5.41) is 2.46. The van der Waals surface area contributed by atoms with Crippen LogP contribution in [0.5, 0.6) is 0 Å². The smallest absolute Gasteiger partial charge is 0.328 e. The molecule has 15 heavy (non-hydrogen) atoms. The first-order valence-corrected chi connectivity index (χ1v) is 4.77.